The zero-order valence-electron chi connectivity index (χ0n) is 12.5. The fourth-order valence-electron chi connectivity index (χ4n) is 1.77. The third-order valence-corrected chi connectivity index (χ3v) is 2.66. The number of hydrogen-bond acceptors (Lipinski definition) is 5. The van der Waals surface area contributed by atoms with Crippen molar-refractivity contribution in [2.45, 2.75) is 39.3 Å². The Bertz CT molecular complexity index is 715. The molecule has 0 radical (unpaired) electrons. The van der Waals surface area contributed by atoms with Gasteiger partial charge in [0, 0.05) is 0 Å². The quantitative estimate of drug-likeness (QED) is 0.919. The average Bonchev–Trinajstić information content (AvgIpc) is 2.36. The van der Waals surface area contributed by atoms with Gasteiger partial charge in [0.2, 0.25) is 5.89 Å². The van der Waals surface area contributed by atoms with E-state index in [1.807, 2.05) is 0 Å². The Morgan fingerprint density at radius 2 is 2.00 bits per heavy atom. The number of nitrogens with one attached hydrogen (secondary N) is 1. The molecule has 2 aromatic rings. The molecule has 0 spiro atoms. The fourth-order valence-corrected chi connectivity index (χ4v) is 1.77. The van der Waals surface area contributed by atoms with E-state index in [2.05, 4.69) is 10.3 Å². The van der Waals surface area contributed by atoms with Gasteiger partial charge < -0.3 is 14.5 Å². The molecule has 2 rings (SSSR count). The molecule has 0 aliphatic heterocycles. The Kier molecular flexibility index (Phi) is 3.97. The summed E-state index contributed by atoms with van der Waals surface area (Å²) in [4.78, 5) is 27.8. The number of carbonyl (C=O) groups excluding carboxylic acids is 1. The van der Waals surface area contributed by atoms with Crippen molar-refractivity contribution in [2.75, 3.05) is 0 Å². The van der Waals surface area contributed by atoms with E-state index < -0.39 is 23.4 Å². The molecule has 0 bridgehead atoms. The predicted octanol–water partition coefficient (Wildman–Crippen LogP) is 2.77. The van der Waals surface area contributed by atoms with Crippen LogP contribution in [0.5, 0.6) is 0 Å². The highest BCUT2D eigenvalue weighted by molar-refractivity contribution is 5.76. The van der Waals surface area contributed by atoms with E-state index in [0.717, 1.165) is 0 Å². The fraction of sp³-hybridized carbons (Fsp3) is 0.400. The highest BCUT2D eigenvalue weighted by Crippen LogP contribution is 2.14. The Labute approximate surface area is 122 Å². The standard InChI is InChI=1S/C15H18N2O4/c1-9(16-14(19)21-15(2,3)4)12-17-11-8-6-5-7-10(11)13(18)20-12/h5-9H,1-4H3,(H,16,19)/t9-/m0/s1. The molecule has 1 N–H and O–H groups in total. The zero-order valence-corrected chi connectivity index (χ0v) is 12.5. The third-order valence-electron chi connectivity index (χ3n) is 2.66. The molecule has 21 heavy (non-hydrogen) atoms. The van der Waals surface area contributed by atoms with Crippen molar-refractivity contribution >= 4 is 17.0 Å². The molecular weight excluding hydrogens is 272 g/mol. The molecular formula is C15H18N2O4. The minimum absolute atomic E-state index is 0.143. The van der Waals surface area contributed by atoms with E-state index in [1.165, 1.54) is 0 Å². The monoisotopic (exact) mass is 290 g/mol. The van der Waals surface area contributed by atoms with Crippen LogP contribution in [0.3, 0.4) is 0 Å². The lowest BCUT2D eigenvalue weighted by Crippen LogP contribution is -2.34. The summed E-state index contributed by atoms with van der Waals surface area (Å²) < 4.78 is 10.3. The van der Waals surface area contributed by atoms with E-state index in [0.29, 0.717) is 10.9 Å². The molecule has 0 unspecified atom stereocenters. The number of hydrogen-bond donors (Lipinski definition) is 1. The Morgan fingerprint density at radius 1 is 1.33 bits per heavy atom. The number of benzene rings is 1. The lowest BCUT2D eigenvalue weighted by atomic mass is 10.2. The van der Waals surface area contributed by atoms with Crippen molar-refractivity contribution in [2.24, 2.45) is 0 Å². The smallest absolute Gasteiger partial charge is 0.408 e. The van der Waals surface area contributed by atoms with Crippen molar-refractivity contribution < 1.29 is 13.9 Å². The number of aromatic nitrogens is 1. The number of carbonyl (C=O) groups is 1. The lowest BCUT2D eigenvalue weighted by Gasteiger charge is -2.21. The minimum Gasteiger partial charge on any atom is -0.444 e. The molecule has 0 aliphatic rings. The zero-order chi connectivity index (χ0) is 15.6. The molecule has 1 atom stereocenters. The van der Waals surface area contributed by atoms with Gasteiger partial charge in [0.05, 0.1) is 10.9 Å². The molecule has 0 saturated heterocycles. The lowest BCUT2D eigenvalue weighted by molar-refractivity contribution is 0.0499. The first-order chi connectivity index (χ1) is 9.76. The summed E-state index contributed by atoms with van der Waals surface area (Å²) in [6, 6.07) is 6.31. The van der Waals surface area contributed by atoms with E-state index in [9.17, 15) is 9.59 Å². The van der Waals surface area contributed by atoms with Crippen LogP contribution in [0.1, 0.15) is 39.6 Å². The van der Waals surface area contributed by atoms with E-state index in [4.69, 9.17) is 9.15 Å². The number of alkyl carbamates (subject to hydrolysis) is 1. The summed E-state index contributed by atoms with van der Waals surface area (Å²) in [6.07, 6.45) is -0.590. The summed E-state index contributed by atoms with van der Waals surface area (Å²) in [5.74, 6) is 0.143. The highest BCUT2D eigenvalue weighted by atomic mass is 16.6. The summed E-state index contributed by atoms with van der Waals surface area (Å²) in [6.45, 7) is 6.98. The molecule has 6 nitrogen and oxygen atoms in total. The van der Waals surface area contributed by atoms with Crippen LogP contribution in [0.4, 0.5) is 4.79 Å². The molecule has 1 heterocycles. The van der Waals surface area contributed by atoms with E-state index in [1.54, 1.807) is 52.0 Å². The van der Waals surface area contributed by atoms with Gasteiger partial charge in [0.1, 0.15) is 11.6 Å². The van der Waals surface area contributed by atoms with Crippen LogP contribution in [0.2, 0.25) is 0 Å². The SMILES string of the molecule is C[C@H](NC(=O)OC(C)(C)C)c1nc2ccccc2c(=O)o1. The summed E-state index contributed by atoms with van der Waals surface area (Å²) in [5, 5.41) is 3.00. The van der Waals surface area contributed by atoms with Crippen LogP contribution in [0.25, 0.3) is 10.9 Å². The maximum atomic E-state index is 11.9. The van der Waals surface area contributed by atoms with Crippen molar-refractivity contribution in [3.8, 4) is 0 Å². The van der Waals surface area contributed by atoms with Gasteiger partial charge in [-0.15, -0.1) is 0 Å². The third kappa shape index (κ3) is 3.81. The van der Waals surface area contributed by atoms with Crippen molar-refractivity contribution in [3.05, 3.63) is 40.6 Å². The molecule has 0 saturated carbocycles. The van der Waals surface area contributed by atoms with E-state index >= 15 is 0 Å². The van der Waals surface area contributed by atoms with Gasteiger partial charge in [-0.25, -0.2) is 14.6 Å². The maximum absolute atomic E-state index is 11.9. The van der Waals surface area contributed by atoms with Gasteiger partial charge in [-0.1, -0.05) is 12.1 Å². The minimum atomic E-state index is -0.596. The maximum Gasteiger partial charge on any atom is 0.408 e. The Morgan fingerprint density at radius 3 is 2.67 bits per heavy atom. The van der Waals surface area contributed by atoms with E-state index in [-0.39, 0.29) is 5.89 Å². The van der Waals surface area contributed by atoms with Gasteiger partial charge in [-0.05, 0) is 39.8 Å². The number of amides is 1. The van der Waals surface area contributed by atoms with Gasteiger partial charge in [0.25, 0.3) is 0 Å². The summed E-state index contributed by atoms with van der Waals surface area (Å²) >= 11 is 0. The molecule has 1 amide bonds. The topological polar surface area (TPSA) is 81.4 Å². The predicted molar refractivity (Wildman–Crippen MR) is 78.1 cm³/mol. The van der Waals surface area contributed by atoms with Crippen LogP contribution < -0.4 is 10.9 Å². The number of rotatable bonds is 2. The van der Waals surface area contributed by atoms with Gasteiger partial charge in [0.15, 0.2) is 0 Å². The summed E-state index contributed by atoms with van der Waals surface area (Å²) in [5.41, 5.74) is -0.545. The number of para-hydroxylation sites is 1. The highest BCUT2D eigenvalue weighted by Gasteiger charge is 2.20. The normalized spacial score (nSPS) is 13.0. The second kappa shape index (κ2) is 5.55. The van der Waals surface area contributed by atoms with Crippen LogP contribution in [-0.4, -0.2) is 16.7 Å². The molecule has 112 valence electrons. The van der Waals surface area contributed by atoms with Gasteiger partial charge in [-0.2, -0.15) is 0 Å². The first-order valence-electron chi connectivity index (χ1n) is 6.65. The van der Waals surface area contributed by atoms with Gasteiger partial charge >= 0.3 is 11.7 Å². The molecule has 1 aromatic carbocycles. The average molecular weight is 290 g/mol. The van der Waals surface area contributed by atoms with Crippen LogP contribution in [-0.2, 0) is 4.74 Å². The van der Waals surface area contributed by atoms with Crippen molar-refractivity contribution in [1.82, 2.24) is 10.3 Å². The van der Waals surface area contributed by atoms with Gasteiger partial charge in [-0.3, -0.25) is 0 Å². The number of nitrogens with zero attached hydrogens (tertiary/aromatic N) is 1. The Balaban J connectivity index is 2.22. The Hall–Kier alpha value is -2.37. The van der Waals surface area contributed by atoms with Crippen molar-refractivity contribution in [3.63, 3.8) is 0 Å². The molecule has 6 heteroatoms. The first kappa shape index (κ1) is 15.0. The molecule has 1 aromatic heterocycles. The largest absolute Gasteiger partial charge is 0.444 e. The van der Waals surface area contributed by atoms with Crippen LogP contribution in [0, 0.1) is 0 Å². The first-order valence-corrected chi connectivity index (χ1v) is 6.65. The number of fused-ring (bicyclic) bond motifs is 1. The second-order valence-electron chi connectivity index (χ2n) is 5.72. The van der Waals surface area contributed by atoms with Crippen LogP contribution in [0.15, 0.2) is 33.5 Å². The van der Waals surface area contributed by atoms with Crippen LogP contribution >= 0.6 is 0 Å². The molecule has 0 aliphatic carbocycles. The molecule has 0 fully saturated rings. The summed E-state index contributed by atoms with van der Waals surface area (Å²) in [7, 11) is 0. The van der Waals surface area contributed by atoms with Crippen molar-refractivity contribution in [1.29, 1.82) is 0 Å². The number of ether oxygens (including phenoxy) is 1. The second-order valence-corrected chi connectivity index (χ2v) is 5.72.